The molecule has 0 saturated heterocycles. The maximum Gasteiger partial charge on any atom is 0.255 e. The zero-order valence-corrected chi connectivity index (χ0v) is 8.78. The second-order valence-corrected chi connectivity index (χ2v) is 3.02. The predicted octanol–water partition coefficient (Wildman–Crippen LogP) is 0.420. The van der Waals surface area contributed by atoms with Gasteiger partial charge in [-0.3, -0.25) is 9.78 Å². The molecule has 1 amide bonds. The van der Waals surface area contributed by atoms with E-state index in [0.717, 1.165) is 0 Å². The second-order valence-electron chi connectivity index (χ2n) is 3.02. The molecule has 0 aliphatic carbocycles. The molecule has 0 unspecified atom stereocenters. The lowest BCUT2D eigenvalue weighted by Gasteiger charge is -2.03. The van der Waals surface area contributed by atoms with Crippen LogP contribution in [-0.4, -0.2) is 35.6 Å². The smallest absolute Gasteiger partial charge is 0.255 e. The first-order valence-electron chi connectivity index (χ1n) is 4.74. The number of aliphatic hydroxyl groups excluding tert-OH is 1. The Kier molecular flexibility index (Phi) is 5.04. The number of alkyl halides is 2. The lowest BCUT2D eigenvalue weighted by atomic mass is 10.2. The number of nitrogens with zero attached hydrogens (tertiary/aromatic N) is 1. The van der Waals surface area contributed by atoms with Crippen molar-refractivity contribution in [2.24, 2.45) is 0 Å². The Bertz CT molecular complexity index is 452. The third-order valence-corrected chi connectivity index (χ3v) is 1.73. The fourth-order valence-electron chi connectivity index (χ4n) is 1.05. The topological polar surface area (TPSA) is 62.2 Å². The third kappa shape index (κ3) is 4.57. The number of aliphatic hydroxyl groups is 1. The van der Waals surface area contributed by atoms with Crippen LogP contribution in [0.2, 0.25) is 0 Å². The number of nitrogens with one attached hydrogen (secondary N) is 1. The monoisotopic (exact) mass is 240 g/mol. The lowest BCUT2D eigenvalue weighted by molar-refractivity contribution is 0.0891. The van der Waals surface area contributed by atoms with Gasteiger partial charge in [-0.1, -0.05) is 11.8 Å². The summed E-state index contributed by atoms with van der Waals surface area (Å²) in [6, 6.07) is 1.41. The van der Waals surface area contributed by atoms with E-state index in [1.165, 1.54) is 18.5 Å². The summed E-state index contributed by atoms with van der Waals surface area (Å²) in [5.41, 5.74) is 0.583. The van der Waals surface area contributed by atoms with Crippen LogP contribution in [0, 0.1) is 11.8 Å². The van der Waals surface area contributed by atoms with Crippen LogP contribution in [0.3, 0.4) is 0 Å². The van der Waals surface area contributed by atoms with E-state index in [2.05, 4.69) is 22.1 Å². The summed E-state index contributed by atoms with van der Waals surface area (Å²) >= 11 is 0. The van der Waals surface area contributed by atoms with Crippen LogP contribution in [0.4, 0.5) is 8.78 Å². The van der Waals surface area contributed by atoms with E-state index >= 15 is 0 Å². The summed E-state index contributed by atoms with van der Waals surface area (Å²) in [7, 11) is 0. The van der Waals surface area contributed by atoms with Crippen molar-refractivity contribution in [1.82, 2.24) is 10.3 Å². The van der Waals surface area contributed by atoms with Gasteiger partial charge in [0.25, 0.3) is 12.3 Å². The van der Waals surface area contributed by atoms with Crippen molar-refractivity contribution in [2.45, 2.75) is 6.43 Å². The van der Waals surface area contributed by atoms with Crippen LogP contribution >= 0.6 is 0 Å². The van der Waals surface area contributed by atoms with Gasteiger partial charge in [-0.05, 0) is 6.07 Å². The first-order chi connectivity index (χ1) is 8.13. The summed E-state index contributed by atoms with van der Waals surface area (Å²) in [6.07, 6.45) is 0.0709. The molecule has 0 aliphatic heterocycles. The van der Waals surface area contributed by atoms with Gasteiger partial charge < -0.3 is 10.4 Å². The summed E-state index contributed by atoms with van der Waals surface area (Å²) < 4.78 is 23.8. The molecule has 1 rings (SSSR count). The molecule has 0 bridgehead atoms. The Morgan fingerprint density at radius 3 is 2.94 bits per heavy atom. The fraction of sp³-hybridized carbons (Fsp3) is 0.273. The highest BCUT2D eigenvalue weighted by Crippen LogP contribution is 2.01. The minimum Gasteiger partial charge on any atom is -0.384 e. The van der Waals surface area contributed by atoms with Crippen LogP contribution in [-0.2, 0) is 0 Å². The highest BCUT2D eigenvalue weighted by molar-refractivity contribution is 5.94. The van der Waals surface area contributed by atoms with E-state index in [1.54, 1.807) is 0 Å². The molecule has 0 radical (unpaired) electrons. The number of hydrogen-bond acceptors (Lipinski definition) is 3. The fourth-order valence-corrected chi connectivity index (χ4v) is 1.05. The normalized spacial score (nSPS) is 9.65. The second kappa shape index (κ2) is 6.55. The van der Waals surface area contributed by atoms with Crippen LogP contribution in [0.1, 0.15) is 15.9 Å². The van der Waals surface area contributed by atoms with Gasteiger partial charge in [0, 0.05) is 18.0 Å². The predicted molar refractivity (Wildman–Crippen MR) is 56.5 cm³/mol. The number of aromatic nitrogens is 1. The first kappa shape index (κ1) is 13.1. The quantitative estimate of drug-likeness (QED) is 0.753. The number of hydrogen-bond donors (Lipinski definition) is 2. The van der Waals surface area contributed by atoms with Crippen LogP contribution in [0.15, 0.2) is 18.5 Å². The SMILES string of the molecule is O=C(NCC(F)F)c1cncc(C#CCO)c1. The molecule has 2 N–H and O–H groups in total. The molecule has 0 atom stereocenters. The van der Waals surface area contributed by atoms with Gasteiger partial charge in [0.15, 0.2) is 0 Å². The Balaban J connectivity index is 2.74. The Morgan fingerprint density at radius 1 is 1.53 bits per heavy atom. The largest absolute Gasteiger partial charge is 0.384 e. The molecule has 0 spiro atoms. The van der Waals surface area contributed by atoms with Crippen molar-refractivity contribution < 1.29 is 18.7 Å². The minimum absolute atomic E-state index is 0.149. The number of pyridine rings is 1. The van der Waals surface area contributed by atoms with Gasteiger partial charge in [-0.25, -0.2) is 8.78 Å². The molecule has 0 aliphatic rings. The average molecular weight is 240 g/mol. The average Bonchev–Trinajstić information content (AvgIpc) is 2.33. The molecule has 0 fully saturated rings. The molecular weight excluding hydrogens is 230 g/mol. The van der Waals surface area contributed by atoms with Crippen LogP contribution < -0.4 is 5.32 Å². The Morgan fingerprint density at radius 2 is 2.29 bits per heavy atom. The molecule has 90 valence electrons. The standard InChI is InChI=1S/C11H10F2N2O2/c12-10(13)7-15-11(17)9-4-8(2-1-3-16)5-14-6-9/h4-6,10,16H,3,7H2,(H,15,17). The van der Waals surface area contributed by atoms with Crippen LogP contribution in [0.5, 0.6) is 0 Å². The number of rotatable bonds is 3. The molecule has 0 saturated carbocycles. The van der Waals surface area contributed by atoms with Gasteiger partial charge in [0.2, 0.25) is 0 Å². The van der Waals surface area contributed by atoms with Gasteiger partial charge in [-0.2, -0.15) is 0 Å². The molecule has 17 heavy (non-hydrogen) atoms. The van der Waals surface area contributed by atoms with Crippen molar-refractivity contribution in [1.29, 1.82) is 0 Å². The van der Waals surface area contributed by atoms with E-state index in [1.807, 2.05) is 0 Å². The Hall–Kier alpha value is -2.00. The zero-order chi connectivity index (χ0) is 12.7. The van der Waals surface area contributed by atoms with Gasteiger partial charge in [0.1, 0.15) is 6.61 Å². The van der Waals surface area contributed by atoms with Crippen molar-refractivity contribution >= 4 is 5.91 Å². The zero-order valence-electron chi connectivity index (χ0n) is 8.78. The highest BCUT2D eigenvalue weighted by Gasteiger charge is 2.09. The summed E-state index contributed by atoms with van der Waals surface area (Å²) in [4.78, 5) is 15.1. The maximum atomic E-state index is 11.9. The first-order valence-corrected chi connectivity index (χ1v) is 4.74. The minimum atomic E-state index is -2.59. The van der Waals surface area contributed by atoms with Gasteiger partial charge >= 0.3 is 0 Å². The van der Waals surface area contributed by atoms with E-state index in [4.69, 9.17) is 5.11 Å². The van der Waals surface area contributed by atoms with Crippen molar-refractivity contribution in [3.63, 3.8) is 0 Å². The Labute approximate surface area is 96.7 Å². The molecular formula is C11H10F2N2O2. The number of amides is 1. The maximum absolute atomic E-state index is 11.9. The summed E-state index contributed by atoms with van der Waals surface area (Å²) in [5, 5.41) is 10.5. The molecule has 1 heterocycles. The molecule has 1 aromatic heterocycles. The van der Waals surface area contributed by atoms with E-state index in [9.17, 15) is 13.6 Å². The molecule has 4 nitrogen and oxygen atoms in total. The molecule has 1 aromatic rings. The van der Waals surface area contributed by atoms with Crippen molar-refractivity contribution in [3.8, 4) is 11.8 Å². The lowest BCUT2D eigenvalue weighted by Crippen LogP contribution is -2.28. The third-order valence-electron chi connectivity index (χ3n) is 1.73. The number of halogens is 2. The number of carbonyl (C=O) groups excluding carboxylic acids is 1. The summed E-state index contributed by atoms with van der Waals surface area (Å²) in [6.45, 7) is -1.01. The van der Waals surface area contributed by atoms with E-state index in [-0.39, 0.29) is 12.2 Å². The van der Waals surface area contributed by atoms with Gasteiger partial charge in [0.05, 0.1) is 12.1 Å². The van der Waals surface area contributed by atoms with Gasteiger partial charge in [-0.15, -0.1) is 0 Å². The van der Waals surface area contributed by atoms with E-state index < -0.39 is 18.9 Å². The van der Waals surface area contributed by atoms with Crippen molar-refractivity contribution in [3.05, 3.63) is 29.6 Å². The van der Waals surface area contributed by atoms with Crippen molar-refractivity contribution in [2.75, 3.05) is 13.2 Å². The summed E-state index contributed by atoms with van der Waals surface area (Å²) in [5.74, 6) is 4.32. The molecule has 0 aromatic carbocycles. The van der Waals surface area contributed by atoms with Crippen LogP contribution in [0.25, 0.3) is 0 Å². The van der Waals surface area contributed by atoms with E-state index in [0.29, 0.717) is 5.56 Å². The number of carbonyl (C=O) groups is 1. The highest BCUT2D eigenvalue weighted by atomic mass is 19.3. The molecule has 6 heteroatoms.